The smallest absolute Gasteiger partial charge is 0.407 e. The van der Waals surface area contributed by atoms with Crippen molar-refractivity contribution in [2.45, 2.75) is 120 Å². The van der Waals surface area contributed by atoms with Crippen molar-refractivity contribution in [1.82, 2.24) is 45.7 Å². The monoisotopic (exact) mass is 817 g/mol. The van der Waals surface area contributed by atoms with Crippen LogP contribution in [-0.4, -0.2) is 86.5 Å². The highest BCUT2D eigenvalue weighted by molar-refractivity contribution is 5.89. The Bertz CT molecular complexity index is 2140. The topological polar surface area (TPSA) is 177 Å². The van der Waals surface area contributed by atoms with Crippen LogP contribution in [-0.2, 0) is 25.2 Å². The Morgan fingerprint density at radius 1 is 0.783 bits per heavy atom. The van der Waals surface area contributed by atoms with Gasteiger partial charge >= 0.3 is 12.1 Å². The van der Waals surface area contributed by atoms with Gasteiger partial charge in [0, 0.05) is 36.9 Å². The number of hydrogen-bond donors (Lipinski definition) is 5. The van der Waals surface area contributed by atoms with Crippen molar-refractivity contribution in [2.24, 2.45) is 5.92 Å². The van der Waals surface area contributed by atoms with Crippen LogP contribution in [0.4, 0.5) is 9.59 Å². The van der Waals surface area contributed by atoms with E-state index >= 15 is 0 Å². The van der Waals surface area contributed by atoms with Gasteiger partial charge in [-0.05, 0) is 99.2 Å². The second kappa shape index (κ2) is 17.1. The average Bonchev–Trinajstić information content (AvgIpc) is 4.12. The first kappa shape index (κ1) is 41.1. The van der Waals surface area contributed by atoms with Crippen molar-refractivity contribution in [1.29, 1.82) is 0 Å². The van der Waals surface area contributed by atoms with Crippen LogP contribution in [0.2, 0.25) is 0 Å². The fraction of sp³-hybridized carbons (Fsp3) is 0.522. The molecule has 9 rings (SSSR count). The fourth-order valence-corrected chi connectivity index (χ4v) is 10.4. The van der Waals surface area contributed by atoms with E-state index in [-0.39, 0.29) is 46.7 Å². The summed E-state index contributed by atoms with van der Waals surface area (Å²) in [4.78, 5) is 73.1. The van der Waals surface area contributed by atoms with Crippen molar-refractivity contribution in [3.8, 4) is 11.3 Å². The molecule has 5 amide bonds. The number of nitrogens with one attached hydrogen (secondary N) is 5. The summed E-state index contributed by atoms with van der Waals surface area (Å²) in [5, 5.41) is 8.39. The molecule has 14 nitrogen and oxygen atoms in total. The van der Waals surface area contributed by atoms with E-state index in [4.69, 9.17) is 14.7 Å². The summed E-state index contributed by atoms with van der Waals surface area (Å²) in [6.45, 7) is 7.40. The van der Waals surface area contributed by atoms with E-state index in [1.54, 1.807) is 0 Å². The molecule has 2 bridgehead atoms. The lowest BCUT2D eigenvalue weighted by atomic mass is 9.51. The number of rotatable bonds is 12. The van der Waals surface area contributed by atoms with E-state index in [0.717, 1.165) is 92.7 Å². The van der Waals surface area contributed by atoms with Crippen LogP contribution in [0.15, 0.2) is 67.0 Å². The Morgan fingerprint density at radius 2 is 1.38 bits per heavy atom. The molecule has 3 saturated carbocycles. The fourth-order valence-electron chi connectivity index (χ4n) is 10.4. The minimum absolute atomic E-state index is 0.0498. The van der Waals surface area contributed by atoms with Crippen LogP contribution in [0, 0.1) is 5.92 Å². The van der Waals surface area contributed by atoms with E-state index in [0.29, 0.717) is 19.6 Å². The first-order valence-electron chi connectivity index (χ1n) is 21.8. The number of carbonyl (C=O) groups is 4. The predicted octanol–water partition coefficient (Wildman–Crippen LogP) is 7.11. The molecule has 2 aliphatic heterocycles. The zero-order valence-corrected chi connectivity index (χ0v) is 35.3. The molecule has 2 aromatic carbocycles. The number of ether oxygens (including phenoxy) is 1. The van der Waals surface area contributed by atoms with Crippen LogP contribution in [0.3, 0.4) is 0 Å². The number of aromatic amines is 2. The van der Waals surface area contributed by atoms with Crippen molar-refractivity contribution in [3.63, 3.8) is 0 Å². The molecule has 4 atom stereocenters. The summed E-state index contributed by atoms with van der Waals surface area (Å²) >= 11 is 0. The van der Waals surface area contributed by atoms with E-state index in [2.05, 4.69) is 50.2 Å². The molecular formula is C46H59N9O5. The van der Waals surface area contributed by atoms with E-state index < -0.39 is 18.2 Å². The van der Waals surface area contributed by atoms with Gasteiger partial charge in [-0.2, -0.15) is 0 Å². The number of alkyl carbamates (subject to hydrolysis) is 1. The third kappa shape index (κ3) is 7.88. The first-order chi connectivity index (χ1) is 29.0. The molecule has 14 heteroatoms. The van der Waals surface area contributed by atoms with Gasteiger partial charge in [0.25, 0.3) is 0 Å². The summed E-state index contributed by atoms with van der Waals surface area (Å²) in [7, 11) is 1.31. The molecule has 60 heavy (non-hydrogen) atoms. The Hall–Kier alpha value is -5.66. The zero-order valence-electron chi connectivity index (χ0n) is 35.3. The van der Waals surface area contributed by atoms with Gasteiger partial charge in [0.05, 0.1) is 31.1 Å². The van der Waals surface area contributed by atoms with Crippen LogP contribution in [0.25, 0.3) is 11.3 Å². The Kier molecular flexibility index (Phi) is 11.7. The minimum atomic E-state index is -0.802. The number of aromatic nitrogens is 4. The highest BCUT2D eigenvalue weighted by atomic mass is 16.5. The molecule has 5 aliphatic rings. The number of amides is 5. The van der Waals surface area contributed by atoms with Crippen LogP contribution in [0.1, 0.15) is 132 Å². The average molecular weight is 818 g/mol. The number of hydrogen-bond acceptors (Lipinski definition) is 7. The summed E-state index contributed by atoms with van der Waals surface area (Å²) in [6, 6.07) is 16.2. The van der Waals surface area contributed by atoms with Gasteiger partial charge in [0.15, 0.2) is 0 Å². The molecule has 2 aromatic heterocycles. The Morgan fingerprint density at radius 3 is 2.00 bits per heavy atom. The van der Waals surface area contributed by atoms with Crippen LogP contribution < -0.4 is 16.0 Å². The molecule has 2 saturated heterocycles. The Labute approximate surface area is 352 Å². The van der Waals surface area contributed by atoms with Gasteiger partial charge in [-0.3, -0.25) is 9.59 Å². The molecule has 5 fully saturated rings. The molecule has 0 spiro atoms. The normalized spacial score (nSPS) is 24.6. The zero-order chi connectivity index (χ0) is 42.0. The minimum Gasteiger partial charge on any atom is -0.453 e. The predicted molar refractivity (Wildman–Crippen MR) is 227 cm³/mol. The van der Waals surface area contributed by atoms with E-state index in [9.17, 15) is 19.2 Å². The SMILES string of the molecule is CCNC(=O)N[C@@H](C(=O)N1CCC[C@H]1c1ncc(-c2ccc(C34CCC(c5cnc([C@@H]6CCCN6C(=O)[C@@H](NC(=O)OC)C(C)C)[nH]5)(CC3)CC4)cc2)[nH]1)c1ccccc1. The number of likely N-dealkylation sites (tertiary alicyclic amines) is 2. The second-order valence-electron chi connectivity index (χ2n) is 17.6. The maximum Gasteiger partial charge on any atom is 0.407 e. The standard InChI is InChI=1S/C46H59N9O5/c1-5-47-43(58)52-38(31-11-7-6-8-12-31)42(57)55-26-9-13-34(55)39-48-27-33(50-39)30-15-17-32(18-16-30)45-19-22-46(23-20-45,24-21-45)36-28-49-40(51-36)35-14-10-25-54(35)41(56)37(29(2)3)53-44(59)60-4/h6-8,11-12,15-18,27-29,34-35,37-38H,5,9-10,13-14,19-26H2,1-4H3,(H,48,50)(H,49,51)(H,53,59)(H2,47,52,58)/t34-,35-,37-,38+,45?,46?/m0/s1. The number of fused-ring (bicyclic) bond motifs is 3. The molecule has 0 radical (unpaired) electrons. The van der Waals surface area contributed by atoms with Gasteiger partial charge < -0.3 is 40.5 Å². The van der Waals surface area contributed by atoms with Gasteiger partial charge in [-0.15, -0.1) is 0 Å². The first-order valence-corrected chi connectivity index (χ1v) is 21.8. The molecule has 318 valence electrons. The lowest BCUT2D eigenvalue weighted by molar-refractivity contribution is -0.135. The number of nitrogens with zero attached hydrogens (tertiary/aromatic N) is 4. The van der Waals surface area contributed by atoms with Crippen LogP contribution in [0.5, 0.6) is 0 Å². The number of H-pyrrole nitrogens is 2. The quantitative estimate of drug-likeness (QED) is 0.101. The van der Waals surface area contributed by atoms with Crippen molar-refractivity contribution in [3.05, 3.63) is 95.5 Å². The second-order valence-corrected chi connectivity index (χ2v) is 17.6. The molecular weight excluding hydrogens is 759 g/mol. The number of methoxy groups -OCH3 is 1. The van der Waals surface area contributed by atoms with Gasteiger partial charge in [0.1, 0.15) is 23.7 Å². The van der Waals surface area contributed by atoms with E-state index in [1.165, 1.54) is 18.4 Å². The summed E-state index contributed by atoms with van der Waals surface area (Å²) in [6.07, 6.45) is 13.2. The van der Waals surface area contributed by atoms with Crippen molar-refractivity contribution < 1.29 is 23.9 Å². The van der Waals surface area contributed by atoms with Crippen molar-refractivity contribution >= 4 is 23.9 Å². The largest absolute Gasteiger partial charge is 0.453 e. The van der Waals surface area contributed by atoms with Gasteiger partial charge in [-0.25, -0.2) is 19.6 Å². The highest BCUT2D eigenvalue weighted by Gasteiger charge is 2.51. The maximum absolute atomic E-state index is 14.1. The van der Waals surface area contributed by atoms with E-state index in [1.807, 2.05) is 73.3 Å². The van der Waals surface area contributed by atoms with Crippen molar-refractivity contribution in [2.75, 3.05) is 26.7 Å². The summed E-state index contributed by atoms with van der Waals surface area (Å²) < 4.78 is 4.80. The lowest BCUT2D eigenvalue weighted by Crippen LogP contribution is -2.51. The highest BCUT2D eigenvalue weighted by Crippen LogP contribution is 2.58. The molecule has 4 aromatic rings. The molecule has 3 aliphatic carbocycles. The number of carbonyl (C=O) groups excluding carboxylic acids is 4. The van der Waals surface area contributed by atoms with Crippen LogP contribution >= 0.6 is 0 Å². The van der Waals surface area contributed by atoms with Gasteiger partial charge in [0.2, 0.25) is 11.8 Å². The summed E-state index contributed by atoms with van der Waals surface area (Å²) in [5.41, 5.74) is 5.45. The third-order valence-electron chi connectivity index (χ3n) is 13.9. The molecule has 5 N–H and O–H groups in total. The summed E-state index contributed by atoms with van der Waals surface area (Å²) in [5.74, 6) is 1.26. The lowest BCUT2D eigenvalue weighted by Gasteiger charge is -2.53. The molecule has 4 heterocycles. The number of imidazole rings is 2. The Balaban J connectivity index is 0.915. The third-order valence-corrected chi connectivity index (χ3v) is 13.9. The van der Waals surface area contributed by atoms with Gasteiger partial charge in [-0.1, -0.05) is 68.4 Å². The number of benzene rings is 2. The number of urea groups is 1. The molecule has 0 unspecified atom stereocenters. The maximum atomic E-state index is 14.1.